The predicted octanol–water partition coefficient (Wildman–Crippen LogP) is 5.54. The number of allylic oxidation sites excluding steroid dienone is 1. The van der Waals surface area contributed by atoms with Gasteiger partial charge in [0.25, 0.3) is 0 Å². The van der Waals surface area contributed by atoms with Crippen LogP contribution in [0.25, 0.3) is 17.2 Å². The second kappa shape index (κ2) is 6.65. The molecule has 0 amide bonds. The van der Waals surface area contributed by atoms with Crippen molar-refractivity contribution in [2.75, 3.05) is 7.11 Å². The van der Waals surface area contributed by atoms with E-state index < -0.39 is 0 Å². The summed E-state index contributed by atoms with van der Waals surface area (Å²) in [5.41, 5.74) is 3.15. The molecule has 0 spiro atoms. The average molecular weight is 344 g/mol. The van der Waals surface area contributed by atoms with Gasteiger partial charge in [0.2, 0.25) is 0 Å². The molecule has 1 heterocycles. The molecule has 0 bridgehead atoms. The molecule has 3 nitrogen and oxygen atoms in total. The number of hydrogen-bond donors (Lipinski definition) is 0. The smallest absolute Gasteiger partial charge is 0.160 e. The summed E-state index contributed by atoms with van der Waals surface area (Å²) in [5, 5.41) is 8.76. The Hall–Kier alpha value is -1.29. The van der Waals surface area contributed by atoms with E-state index in [-0.39, 0.29) is 10.3 Å². The van der Waals surface area contributed by atoms with E-state index in [4.69, 9.17) is 39.5 Å². The van der Waals surface area contributed by atoms with Gasteiger partial charge in [0.05, 0.1) is 12.1 Å². The first-order valence-corrected chi connectivity index (χ1v) is 7.28. The summed E-state index contributed by atoms with van der Waals surface area (Å²) in [6.07, 6.45) is 1.90. The maximum Gasteiger partial charge on any atom is 0.160 e. The molecule has 6 heteroatoms. The SMILES string of the molecule is COc1ccc(-c2c(Cl)nnc(Cl)c2C=C(C)C)c(Cl)c1. The summed E-state index contributed by atoms with van der Waals surface area (Å²) in [5.74, 6) is 0.664. The first-order chi connectivity index (χ1) is 9.93. The fourth-order valence-electron chi connectivity index (χ4n) is 1.91. The highest BCUT2D eigenvalue weighted by Gasteiger charge is 2.17. The minimum Gasteiger partial charge on any atom is -0.497 e. The second-order valence-corrected chi connectivity index (χ2v) is 5.76. The number of hydrogen-bond acceptors (Lipinski definition) is 3. The highest BCUT2D eigenvalue weighted by Crippen LogP contribution is 2.39. The van der Waals surface area contributed by atoms with Crippen molar-refractivity contribution in [2.45, 2.75) is 13.8 Å². The van der Waals surface area contributed by atoms with E-state index in [1.807, 2.05) is 26.0 Å². The molecule has 2 rings (SSSR count). The third-order valence-corrected chi connectivity index (χ3v) is 3.66. The van der Waals surface area contributed by atoms with Gasteiger partial charge in [-0.25, -0.2) is 0 Å². The zero-order valence-corrected chi connectivity index (χ0v) is 14.0. The van der Waals surface area contributed by atoms with Crippen LogP contribution in [0.3, 0.4) is 0 Å². The zero-order valence-electron chi connectivity index (χ0n) is 11.7. The van der Waals surface area contributed by atoms with Crippen LogP contribution in [0, 0.1) is 0 Å². The molecule has 0 atom stereocenters. The molecule has 0 N–H and O–H groups in total. The van der Waals surface area contributed by atoms with Gasteiger partial charge in [0, 0.05) is 16.7 Å². The third-order valence-electron chi connectivity index (χ3n) is 2.80. The van der Waals surface area contributed by atoms with Gasteiger partial charge in [-0.2, -0.15) is 0 Å². The lowest BCUT2D eigenvalue weighted by molar-refractivity contribution is 0.415. The molecule has 0 aliphatic carbocycles. The maximum absolute atomic E-state index is 6.32. The van der Waals surface area contributed by atoms with Crippen molar-refractivity contribution in [1.29, 1.82) is 0 Å². The van der Waals surface area contributed by atoms with Crippen LogP contribution >= 0.6 is 34.8 Å². The molecular formula is C15H13Cl3N2O. The van der Waals surface area contributed by atoms with Gasteiger partial charge in [-0.3, -0.25) is 0 Å². The van der Waals surface area contributed by atoms with E-state index >= 15 is 0 Å². The third kappa shape index (κ3) is 3.49. The summed E-state index contributed by atoms with van der Waals surface area (Å²) in [4.78, 5) is 0. The molecule has 1 aromatic carbocycles. The zero-order chi connectivity index (χ0) is 15.6. The van der Waals surface area contributed by atoms with Crippen molar-refractivity contribution in [3.05, 3.63) is 44.7 Å². The van der Waals surface area contributed by atoms with Crippen molar-refractivity contribution >= 4 is 40.9 Å². The molecule has 110 valence electrons. The summed E-state index contributed by atoms with van der Waals surface area (Å²) >= 11 is 18.7. The lowest BCUT2D eigenvalue weighted by atomic mass is 10.0. The molecule has 0 radical (unpaired) electrons. The number of methoxy groups -OCH3 is 1. The monoisotopic (exact) mass is 342 g/mol. The highest BCUT2D eigenvalue weighted by molar-refractivity contribution is 6.37. The minimum atomic E-state index is 0.249. The van der Waals surface area contributed by atoms with Gasteiger partial charge in [-0.05, 0) is 32.0 Å². The predicted molar refractivity (Wildman–Crippen MR) is 88.4 cm³/mol. The van der Waals surface area contributed by atoms with Crippen LogP contribution in [0.1, 0.15) is 19.4 Å². The van der Waals surface area contributed by atoms with Crippen LogP contribution in [0.15, 0.2) is 23.8 Å². The van der Waals surface area contributed by atoms with Crippen molar-refractivity contribution in [3.63, 3.8) is 0 Å². The topological polar surface area (TPSA) is 35.0 Å². The molecule has 0 aliphatic rings. The number of aromatic nitrogens is 2. The van der Waals surface area contributed by atoms with E-state index in [1.165, 1.54) is 0 Å². The largest absolute Gasteiger partial charge is 0.497 e. The fraction of sp³-hybridized carbons (Fsp3) is 0.200. The van der Waals surface area contributed by atoms with Crippen molar-refractivity contribution in [3.8, 4) is 16.9 Å². The van der Waals surface area contributed by atoms with Crippen LogP contribution in [0.2, 0.25) is 15.3 Å². The Balaban J connectivity index is 2.74. The number of benzene rings is 1. The van der Waals surface area contributed by atoms with Crippen molar-refractivity contribution in [1.82, 2.24) is 10.2 Å². The number of rotatable bonds is 3. The Morgan fingerprint density at radius 3 is 2.33 bits per heavy atom. The minimum absolute atomic E-state index is 0.249. The normalized spacial score (nSPS) is 10.4. The summed E-state index contributed by atoms with van der Waals surface area (Å²) in [7, 11) is 1.58. The van der Waals surface area contributed by atoms with Gasteiger partial charge in [-0.1, -0.05) is 46.5 Å². The summed E-state index contributed by atoms with van der Waals surface area (Å²) in [6.45, 7) is 3.92. The quantitative estimate of drug-likeness (QED) is 0.734. The molecule has 0 fully saturated rings. The molecule has 0 saturated heterocycles. The van der Waals surface area contributed by atoms with Crippen LogP contribution in [0.5, 0.6) is 5.75 Å². The van der Waals surface area contributed by atoms with Gasteiger partial charge in [0.1, 0.15) is 5.75 Å². The first-order valence-electron chi connectivity index (χ1n) is 6.14. The number of nitrogens with zero attached hydrogens (tertiary/aromatic N) is 2. The van der Waals surface area contributed by atoms with Crippen molar-refractivity contribution < 1.29 is 4.74 Å². The second-order valence-electron chi connectivity index (χ2n) is 4.64. The van der Waals surface area contributed by atoms with Gasteiger partial charge >= 0.3 is 0 Å². The average Bonchev–Trinajstić information content (AvgIpc) is 2.43. The van der Waals surface area contributed by atoms with Crippen LogP contribution < -0.4 is 4.74 Å². The molecule has 0 unspecified atom stereocenters. The lowest BCUT2D eigenvalue weighted by Crippen LogP contribution is -1.95. The molecule has 1 aromatic heterocycles. The Morgan fingerprint density at radius 2 is 1.76 bits per heavy atom. The fourth-order valence-corrected chi connectivity index (χ4v) is 2.60. The molecule has 21 heavy (non-hydrogen) atoms. The van der Waals surface area contributed by atoms with E-state index in [2.05, 4.69) is 10.2 Å². The highest BCUT2D eigenvalue weighted by atomic mass is 35.5. The van der Waals surface area contributed by atoms with Gasteiger partial charge < -0.3 is 4.74 Å². The van der Waals surface area contributed by atoms with E-state index in [1.54, 1.807) is 19.2 Å². The molecule has 0 saturated carbocycles. The number of ether oxygens (including phenoxy) is 1. The van der Waals surface area contributed by atoms with Crippen LogP contribution in [-0.4, -0.2) is 17.3 Å². The molecule has 0 aliphatic heterocycles. The Bertz CT molecular complexity index is 710. The number of halogens is 3. The Labute approximate surface area is 138 Å². The van der Waals surface area contributed by atoms with Crippen LogP contribution in [0.4, 0.5) is 0 Å². The van der Waals surface area contributed by atoms with E-state index in [0.717, 1.165) is 11.1 Å². The Kier molecular flexibility index (Phi) is 5.09. The van der Waals surface area contributed by atoms with E-state index in [0.29, 0.717) is 21.9 Å². The lowest BCUT2D eigenvalue weighted by Gasteiger charge is -2.12. The van der Waals surface area contributed by atoms with E-state index in [9.17, 15) is 0 Å². The summed E-state index contributed by atoms with van der Waals surface area (Å²) in [6, 6.07) is 5.34. The molecule has 2 aromatic rings. The summed E-state index contributed by atoms with van der Waals surface area (Å²) < 4.78 is 5.15. The molecular weight excluding hydrogens is 331 g/mol. The standard InChI is InChI=1S/C15H13Cl3N2O/c1-8(2)6-11-13(15(18)20-19-14(11)17)10-5-4-9(21-3)7-12(10)16/h4-7H,1-3H3. The van der Waals surface area contributed by atoms with Gasteiger partial charge in [-0.15, -0.1) is 10.2 Å². The maximum atomic E-state index is 6.32. The van der Waals surface area contributed by atoms with Crippen LogP contribution in [-0.2, 0) is 0 Å². The Morgan fingerprint density at radius 1 is 1.10 bits per heavy atom. The first kappa shape index (κ1) is 16.1. The van der Waals surface area contributed by atoms with Crippen molar-refractivity contribution in [2.24, 2.45) is 0 Å². The van der Waals surface area contributed by atoms with Gasteiger partial charge in [0.15, 0.2) is 10.3 Å².